The third-order valence-electron chi connectivity index (χ3n) is 5.76. The Bertz CT molecular complexity index is 1350. The molecule has 200 valence electrons. The average molecular weight is 569 g/mol. The quantitative estimate of drug-likeness (QED) is 0.333. The summed E-state index contributed by atoms with van der Waals surface area (Å²) in [6, 6.07) is 7.67. The summed E-state index contributed by atoms with van der Waals surface area (Å²) in [4.78, 5) is 33.8. The number of benzene rings is 1. The van der Waals surface area contributed by atoms with E-state index >= 15 is 0 Å². The summed E-state index contributed by atoms with van der Waals surface area (Å²) in [6.07, 6.45) is -1.81. The van der Waals surface area contributed by atoms with E-state index in [1.165, 1.54) is 42.7 Å². The Hall–Kier alpha value is -3.61. The molecule has 0 radical (unpaired) electrons. The minimum absolute atomic E-state index is 0.0420. The van der Waals surface area contributed by atoms with Gasteiger partial charge in [-0.1, -0.05) is 23.2 Å². The first-order chi connectivity index (χ1) is 18.0. The topological polar surface area (TPSA) is 131 Å². The van der Waals surface area contributed by atoms with E-state index < -0.39 is 29.1 Å². The number of rotatable bonds is 7. The number of nitrogen functional groups attached to an aromatic ring is 1. The number of pyridine rings is 2. The molecular weight excluding hydrogens is 548 g/mol. The molecule has 3 aromatic rings. The molecule has 3 heterocycles. The van der Waals surface area contributed by atoms with Crippen molar-refractivity contribution in [3.8, 4) is 0 Å². The second kappa shape index (κ2) is 11.0. The highest BCUT2D eigenvalue weighted by Gasteiger charge is 2.44. The number of nitrogens with one attached hydrogen (secondary N) is 3. The van der Waals surface area contributed by atoms with Crippen LogP contribution in [0.2, 0.25) is 10.0 Å². The van der Waals surface area contributed by atoms with E-state index in [2.05, 4.69) is 25.9 Å². The normalized spacial score (nSPS) is 17.2. The first-order valence-electron chi connectivity index (χ1n) is 11.2. The smallest absolute Gasteiger partial charge is 0.384 e. The third-order valence-corrected chi connectivity index (χ3v) is 6.32. The molecule has 1 atom stereocenters. The van der Waals surface area contributed by atoms with E-state index in [1.54, 1.807) is 0 Å². The summed E-state index contributed by atoms with van der Waals surface area (Å²) in [5.74, 6) is -0.786. The molecule has 9 nitrogen and oxygen atoms in total. The van der Waals surface area contributed by atoms with Crippen LogP contribution in [0, 0.1) is 0 Å². The number of hydrogen-bond acceptors (Lipinski definition) is 7. The molecule has 2 aromatic heterocycles. The summed E-state index contributed by atoms with van der Waals surface area (Å²) in [5.41, 5.74) is 3.74. The highest BCUT2D eigenvalue weighted by Crippen LogP contribution is 2.38. The van der Waals surface area contributed by atoms with Gasteiger partial charge in [0.25, 0.3) is 5.91 Å². The predicted octanol–water partition coefficient (Wildman–Crippen LogP) is 4.33. The number of ether oxygens (including phenoxy) is 1. The number of hydrogen-bond donors (Lipinski definition) is 4. The lowest BCUT2D eigenvalue weighted by molar-refractivity contribution is -0.137. The molecule has 4 rings (SSSR count). The van der Waals surface area contributed by atoms with Crippen LogP contribution in [0.1, 0.15) is 28.0 Å². The summed E-state index contributed by atoms with van der Waals surface area (Å²) in [7, 11) is 0. The van der Waals surface area contributed by atoms with Crippen LogP contribution in [0.15, 0.2) is 48.8 Å². The van der Waals surface area contributed by atoms with Crippen LogP contribution in [0.4, 0.5) is 30.4 Å². The van der Waals surface area contributed by atoms with Gasteiger partial charge in [-0.15, -0.1) is 0 Å². The van der Waals surface area contributed by atoms with E-state index in [-0.39, 0.29) is 64.7 Å². The fraction of sp³-hybridized carbons (Fsp3) is 0.250. The van der Waals surface area contributed by atoms with E-state index in [9.17, 15) is 22.8 Å². The Morgan fingerprint density at radius 3 is 2.53 bits per heavy atom. The SMILES string of the molecule is Nc1ccc(C(=O)N[C@@]2(C(=O)NCc3ncc(Nc4ccc(Cl)cc4C(F)(F)F)cc3Cl)CCOC2)cn1. The first kappa shape index (κ1) is 27.4. The van der Waals surface area contributed by atoms with Gasteiger partial charge < -0.3 is 26.4 Å². The molecule has 14 heteroatoms. The lowest BCUT2D eigenvalue weighted by Gasteiger charge is -2.27. The number of anilines is 3. The number of aromatic nitrogens is 2. The van der Waals surface area contributed by atoms with Crippen LogP contribution in [-0.4, -0.2) is 40.5 Å². The Balaban J connectivity index is 1.44. The van der Waals surface area contributed by atoms with Crippen LogP contribution in [0.5, 0.6) is 0 Å². The summed E-state index contributed by atoms with van der Waals surface area (Å²) in [6.45, 7) is 0.116. The molecule has 38 heavy (non-hydrogen) atoms. The monoisotopic (exact) mass is 568 g/mol. The molecule has 1 fully saturated rings. The van der Waals surface area contributed by atoms with Crippen LogP contribution in [0.3, 0.4) is 0 Å². The average Bonchev–Trinajstić information content (AvgIpc) is 3.34. The Kier molecular flexibility index (Phi) is 7.95. The minimum Gasteiger partial charge on any atom is -0.384 e. The first-order valence-corrected chi connectivity index (χ1v) is 11.9. The van der Waals surface area contributed by atoms with Crippen molar-refractivity contribution in [2.45, 2.75) is 24.7 Å². The number of carbonyl (C=O) groups is 2. The molecule has 5 N–H and O–H groups in total. The molecule has 1 aliphatic heterocycles. The van der Waals surface area contributed by atoms with Crippen molar-refractivity contribution < 1.29 is 27.5 Å². The van der Waals surface area contributed by atoms with Crippen molar-refractivity contribution in [2.24, 2.45) is 0 Å². The zero-order chi connectivity index (χ0) is 27.5. The third kappa shape index (κ3) is 6.26. The Labute approximate surface area is 224 Å². The molecule has 2 amide bonds. The molecule has 1 aromatic carbocycles. The van der Waals surface area contributed by atoms with Gasteiger partial charge in [0.05, 0.1) is 52.6 Å². The standard InChI is InChI=1S/C24H21Cl2F3N6O3/c25-14-2-3-18(16(7-14)24(27,28)29)34-15-8-17(26)19(31-10-15)11-33-22(37)23(5-6-38-12-23)35-21(36)13-1-4-20(30)32-9-13/h1-4,7-10,34H,5-6,11-12H2,(H2,30,32)(H,33,37)(H,35,36)/t23-/m0/s1. The zero-order valence-corrected chi connectivity index (χ0v) is 21.0. The molecule has 0 spiro atoms. The lowest BCUT2D eigenvalue weighted by Crippen LogP contribution is -2.59. The predicted molar refractivity (Wildman–Crippen MR) is 135 cm³/mol. The maximum absolute atomic E-state index is 13.4. The van der Waals surface area contributed by atoms with Crippen molar-refractivity contribution in [3.63, 3.8) is 0 Å². The molecule has 1 aliphatic rings. The lowest BCUT2D eigenvalue weighted by atomic mass is 9.96. The molecular formula is C24H21Cl2F3N6O3. The maximum Gasteiger partial charge on any atom is 0.418 e. The second-order valence-corrected chi connectivity index (χ2v) is 9.30. The van der Waals surface area contributed by atoms with Crippen molar-refractivity contribution in [3.05, 3.63) is 75.7 Å². The van der Waals surface area contributed by atoms with E-state index in [1.807, 2.05) is 0 Å². The summed E-state index contributed by atoms with van der Waals surface area (Å²) in [5, 5.41) is 8.09. The Morgan fingerprint density at radius 1 is 1.11 bits per heavy atom. The zero-order valence-electron chi connectivity index (χ0n) is 19.5. The van der Waals surface area contributed by atoms with Crippen molar-refractivity contribution in [1.29, 1.82) is 0 Å². The van der Waals surface area contributed by atoms with Gasteiger partial charge in [0.1, 0.15) is 11.4 Å². The molecule has 0 aliphatic carbocycles. The molecule has 1 saturated heterocycles. The molecule has 0 unspecified atom stereocenters. The molecule has 0 bridgehead atoms. The van der Waals surface area contributed by atoms with Gasteiger partial charge in [0, 0.05) is 24.2 Å². The summed E-state index contributed by atoms with van der Waals surface area (Å²) < 4.78 is 45.5. The van der Waals surface area contributed by atoms with Gasteiger partial charge in [0.2, 0.25) is 5.91 Å². The van der Waals surface area contributed by atoms with Gasteiger partial charge in [-0.3, -0.25) is 14.6 Å². The van der Waals surface area contributed by atoms with Gasteiger partial charge in [-0.05, 0) is 36.4 Å². The van der Waals surface area contributed by atoms with Crippen molar-refractivity contribution in [1.82, 2.24) is 20.6 Å². The number of nitrogens with two attached hydrogens (primary N) is 1. The van der Waals surface area contributed by atoms with Crippen LogP contribution in [-0.2, 0) is 22.3 Å². The second-order valence-electron chi connectivity index (χ2n) is 8.46. The Morgan fingerprint density at radius 2 is 1.89 bits per heavy atom. The number of amides is 2. The largest absolute Gasteiger partial charge is 0.418 e. The fourth-order valence-corrected chi connectivity index (χ4v) is 4.15. The number of alkyl halides is 3. The van der Waals surface area contributed by atoms with Gasteiger partial charge >= 0.3 is 6.18 Å². The van der Waals surface area contributed by atoms with Crippen molar-refractivity contribution >= 4 is 52.2 Å². The van der Waals surface area contributed by atoms with Crippen LogP contribution >= 0.6 is 23.2 Å². The highest BCUT2D eigenvalue weighted by atomic mass is 35.5. The highest BCUT2D eigenvalue weighted by molar-refractivity contribution is 6.31. The molecule has 0 saturated carbocycles. The van der Waals surface area contributed by atoms with E-state index in [0.29, 0.717) is 0 Å². The van der Waals surface area contributed by atoms with Crippen molar-refractivity contribution in [2.75, 3.05) is 24.3 Å². The van der Waals surface area contributed by atoms with Crippen LogP contribution in [0.25, 0.3) is 0 Å². The number of carbonyl (C=O) groups excluding carboxylic acids is 2. The van der Waals surface area contributed by atoms with Gasteiger partial charge in [-0.25, -0.2) is 4.98 Å². The fourth-order valence-electron chi connectivity index (χ4n) is 3.74. The van der Waals surface area contributed by atoms with E-state index in [0.717, 1.165) is 6.07 Å². The van der Waals surface area contributed by atoms with Crippen LogP contribution < -0.4 is 21.7 Å². The number of halogens is 5. The summed E-state index contributed by atoms with van der Waals surface area (Å²) >= 11 is 12.0. The maximum atomic E-state index is 13.4. The van der Waals surface area contributed by atoms with Gasteiger partial charge in [-0.2, -0.15) is 13.2 Å². The van der Waals surface area contributed by atoms with Gasteiger partial charge in [0.15, 0.2) is 0 Å². The van der Waals surface area contributed by atoms with E-state index in [4.69, 9.17) is 33.7 Å². The number of nitrogens with zero attached hydrogens (tertiary/aromatic N) is 2. The minimum atomic E-state index is -4.63.